The van der Waals surface area contributed by atoms with E-state index < -0.39 is 29.0 Å². The average Bonchev–Trinajstić information content (AvgIpc) is 2.45. The van der Waals surface area contributed by atoms with Crippen molar-refractivity contribution in [3.8, 4) is 16.9 Å². The van der Waals surface area contributed by atoms with Crippen molar-refractivity contribution >= 4 is 17.6 Å². The standard InChI is InChI=1S/C15H10ClF3O3/c1-22-14(21)13-11(15(17,18)19)6-9(7-12(13)20)8-2-4-10(16)5-3-8/h2-7,20H,1H3. The highest BCUT2D eigenvalue weighted by molar-refractivity contribution is 6.30. The number of ether oxygens (including phenoxy) is 1. The molecule has 1 N–H and O–H groups in total. The maximum Gasteiger partial charge on any atom is 0.417 e. The molecule has 0 aromatic heterocycles. The van der Waals surface area contributed by atoms with Crippen LogP contribution in [0.15, 0.2) is 36.4 Å². The highest BCUT2D eigenvalue weighted by atomic mass is 35.5. The fourth-order valence-corrected chi connectivity index (χ4v) is 2.10. The lowest BCUT2D eigenvalue weighted by Crippen LogP contribution is -2.14. The Labute approximate surface area is 128 Å². The second kappa shape index (κ2) is 5.88. The molecule has 7 heteroatoms. The predicted octanol–water partition coefficient (Wildman–Crippen LogP) is 4.52. The molecule has 0 aliphatic rings. The molecule has 0 aliphatic carbocycles. The van der Waals surface area contributed by atoms with Gasteiger partial charge in [0, 0.05) is 5.02 Å². The van der Waals surface area contributed by atoms with E-state index in [1.54, 1.807) is 0 Å². The third kappa shape index (κ3) is 3.17. The highest BCUT2D eigenvalue weighted by Crippen LogP contribution is 2.39. The minimum atomic E-state index is -4.82. The van der Waals surface area contributed by atoms with Crippen molar-refractivity contribution in [3.63, 3.8) is 0 Å². The van der Waals surface area contributed by atoms with Gasteiger partial charge in [0.05, 0.1) is 12.7 Å². The number of hydrogen-bond donors (Lipinski definition) is 1. The van der Waals surface area contributed by atoms with E-state index in [1.807, 2.05) is 0 Å². The Morgan fingerprint density at radius 1 is 1.14 bits per heavy atom. The Balaban J connectivity index is 2.68. The third-order valence-corrected chi connectivity index (χ3v) is 3.24. The quantitative estimate of drug-likeness (QED) is 0.824. The van der Waals surface area contributed by atoms with Gasteiger partial charge in [0.2, 0.25) is 0 Å². The van der Waals surface area contributed by atoms with Crippen LogP contribution in [-0.4, -0.2) is 18.2 Å². The number of phenolic OH excluding ortho intramolecular Hbond substituents is 1. The van der Waals surface area contributed by atoms with Gasteiger partial charge in [-0.2, -0.15) is 13.2 Å². The minimum Gasteiger partial charge on any atom is -0.507 e. The molecule has 0 bridgehead atoms. The molecule has 0 unspecified atom stereocenters. The van der Waals surface area contributed by atoms with Crippen molar-refractivity contribution in [2.75, 3.05) is 7.11 Å². The summed E-state index contributed by atoms with van der Waals surface area (Å²) in [5, 5.41) is 10.3. The first kappa shape index (κ1) is 16.2. The van der Waals surface area contributed by atoms with Gasteiger partial charge in [-0.25, -0.2) is 4.79 Å². The van der Waals surface area contributed by atoms with Gasteiger partial charge >= 0.3 is 12.1 Å². The van der Waals surface area contributed by atoms with Crippen LogP contribution in [0.25, 0.3) is 11.1 Å². The molecule has 2 rings (SSSR count). The Morgan fingerprint density at radius 2 is 1.73 bits per heavy atom. The van der Waals surface area contributed by atoms with Gasteiger partial charge in [-0.05, 0) is 35.4 Å². The zero-order valence-corrected chi connectivity index (χ0v) is 12.0. The molecule has 116 valence electrons. The van der Waals surface area contributed by atoms with Crippen LogP contribution in [0, 0.1) is 0 Å². The van der Waals surface area contributed by atoms with Crippen molar-refractivity contribution in [3.05, 3.63) is 52.5 Å². The van der Waals surface area contributed by atoms with Crippen LogP contribution in [0.3, 0.4) is 0 Å². The fourth-order valence-electron chi connectivity index (χ4n) is 1.98. The highest BCUT2D eigenvalue weighted by Gasteiger charge is 2.38. The molecule has 0 saturated heterocycles. The van der Waals surface area contributed by atoms with Crippen molar-refractivity contribution < 1.29 is 27.8 Å². The van der Waals surface area contributed by atoms with Crippen molar-refractivity contribution in [1.29, 1.82) is 0 Å². The van der Waals surface area contributed by atoms with Crippen LogP contribution in [0.4, 0.5) is 13.2 Å². The van der Waals surface area contributed by atoms with Gasteiger partial charge in [0.15, 0.2) is 0 Å². The van der Waals surface area contributed by atoms with Gasteiger partial charge in [0.25, 0.3) is 0 Å². The first-order chi connectivity index (χ1) is 10.2. The molecule has 3 nitrogen and oxygen atoms in total. The second-order valence-electron chi connectivity index (χ2n) is 4.41. The van der Waals surface area contributed by atoms with Gasteiger partial charge in [0.1, 0.15) is 11.3 Å². The van der Waals surface area contributed by atoms with Crippen LogP contribution >= 0.6 is 11.6 Å². The van der Waals surface area contributed by atoms with Crippen molar-refractivity contribution in [2.45, 2.75) is 6.18 Å². The summed E-state index contributed by atoms with van der Waals surface area (Å²) < 4.78 is 43.7. The zero-order chi connectivity index (χ0) is 16.5. The molecule has 0 heterocycles. The molecule has 22 heavy (non-hydrogen) atoms. The number of phenols is 1. The molecular formula is C15H10ClF3O3. The van der Waals surface area contributed by atoms with Gasteiger partial charge in [-0.3, -0.25) is 0 Å². The molecule has 2 aromatic rings. The van der Waals surface area contributed by atoms with Crippen LogP contribution in [0.2, 0.25) is 5.02 Å². The van der Waals surface area contributed by atoms with E-state index in [1.165, 1.54) is 24.3 Å². The molecule has 0 saturated carbocycles. The summed E-state index contributed by atoms with van der Waals surface area (Å²) in [6.07, 6.45) is -4.82. The van der Waals surface area contributed by atoms with Gasteiger partial charge in [-0.15, -0.1) is 0 Å². The summed E-state index contributed by atoms with van der Waals surface area (Å²) in [7, 11) is 0.940. The Morgan fingerprint density at radius 3 is 2.23 bits per heavy atom. The number of halogens is 4. The third-order valence-electron chi connectivity index (χ3n) is 2.99. The number of methoxy groups -OCH3 is 1. The van der Waals surface area contributed by atoms with E-state index in [-0.39, 0.29) is 5.56 Å². The van der Waals surface area contributed by atoms with Gasteiger partial charge < -0.3 is 9.84 Å². The smallest absolute Gasteiger partial charge is 0.417 e. The maximum absolute atomic E-state index is 13.1. The largest absolute Gasteiger partial charge is 0.507 e. The summed E-state index contributed by atoms with van der Waals surface area (Å²) in [6.45, 7) is 0. The van der Waals surface area contributed by atoms with Gasteiger partial charge in [-0.1, -0.05) is 23.7 Å². The summed E-state index contributed by atoms with van der Waals surface area (Å²) in [6, 6.07) is 7.90. The normalized spacial score (nSPS) is 11.3. The van der Waals surface area contributed by atoms with Crippen LogP contribution in [0.5, 0.6) is 5.75 Å². The number of hydrogen-bond acceptors (Lipinski definition) is 3. The summed E-state index contributed by atoms with van der Waals surface area (Å²) in [4.78, 5) is 11.5. The molecule has 0 aliphatic heterocycles. The second-order valence-corrected chi connectivity index (χ2v) is 4.85. The topological polar surface area (TPSA) is 46.5 Å². The van der Waals surface area contributed by atoms with E-state index in [0.717, 1.165) is 19.2 Å². The minimum absolute atomic E-state index is 0.106. The van der Waals surface area contributed by atoms with Crippen molar-refractivity contribution in [1.82, 2.24) is 0 Å². The summed E-state index contributed by atoms with van der Waals surface area (Å²) >= 11 is 5.73. The van der Waals surface area contributed by atoms with Crippen LogP contribution in [-0.2, 0) is 10.9 Å². The molecule has 0 amide bonds. The number of benzene rings is 2. The lowest BCUT2D eigenvalue weighted by atomic mass is 9.97. The SMILES string of the molecule is COC(=O)c1c(O)cc(-c2ccc(Cl)cc2)cc1C(F)(F)F. The summed E-state index contributed by atoms with van der Waals surface area (Å²) in [5.41, 5.74) is -1.65. The molecular weight excluding hydrogens is 321 g/mol. The molecule has 0 spiro atoms. The van der Waals surface area contributed by atoms with Crippen LogP contribution in [0.1, 0.15) is 15.9 Å². The maximum atomic E-state index is 13.1. The average molecular weight is 331 g/mol. The monoisotopic (exact) mass is 330 g/mol. The molecule has 0 atom stereocenters. The Bertz CT molecular complexity index is 709. The van der Waals surface area contributed by atoms with E-state index in [9.17, 15) is 23.1 Å². The Kier molecular flexibility index (Phi) is 4.32. The number of aromatic hydroxyl groups is 1. The van der Waals surface area contributed by atoms with Crippen LogP contribution < -0.4 is 0 Å². The molecule has 0 radical (unpaired) electrons. The predicted molar refractivity (Wildman–Crippen MR) is 74.9 cm³/mol. The molecule has 0 fully saturated rings. The summed E-state index contributed by atoms with van der Waals surface area (Å²) in [5.74, 6) is -2.06. The fraction of sp³-hybridized carbons (Fsp3) is 0.133. The Hall–Kier alpha value is -2.21. The number of carbonyl (C=O) groups excluding carboxylic acids is 1. The van der Waals surface area contributed by atoms with E-state index >= 15 is 0 Å². The number of rotatable bonds is 2. The number of esters is 1. The first-order valence-electron chi connectivity index (χ1n) is 6.02. The van der Waals surface area contributed by atoms with E-state index in [2.05, 4.69) is 4.74 Å². The van der Waals surface area contributed by atoms with E-state index in [0.29, 0.717) is 10.6 Å². The van der Waals surface area contributed by atoms with Crippen molar-refractivity contribution in [2.24, 2.45) is 0 Å². The number of alkyl halides is 3. The first-order valence-corrected chi connectivity index (χ1v) is 6.40. The zero-order valence-electron chi connectivity index (χ0n) is 11.2. The molecule has 2 aromatic carbocycles. The van der Waals surface area contributed by atoms with E-state index in [4.69, 9.17) is 11.6 Å². The number of carbonyl (C=O) groups is 1. The lowest BCUT2D eigenvalue weighted by molar-refractivity contribution is -0.138. The lowest BCUT2D eigenvalue weighted by Gasteiger charge is -2.15.